The summed E-state index contributed by atoms with van der Waals surface area (Å²) in [6.07, 6.45) is 1.08. The molecule has 3 N–H and O–H groups in total. The van der Waals surface area contributed by atoms with E-state index in [-0.39, 0.29) is 24.1 Å². The topological polar surface area (TPSA) is 68.4 Å². The lowest BCUT2D eigenvalue weighted by Crippen LogP contribution is -2.57. The Labute approximate surface area is 167 Å². The third-order valence-corrected chi connectivity index (χ3v) is 5.36. The lowest BCUT2D eigenvalue weighted by molar-refractivity contribution is -0.157. The van der Waals surface area contributed by atoms with Crippen LogP contribution in [0.5, 0.6) is 0 Å². The first kappa shape index (κ1) is 19.5. The predicted octanol–water partition coefficient (Wildman–Crippen LogP) is 3.09. The Kier molecular flexibility index (Phi) is 5.34. The number of nitrogens with zero attached hydrogens (tertiary/aromatic N) is 1. The highest BCUT2D eigenvalue weighted by atomic mass is 19.1. The third-order valence-electron chi connectivity index (χ3n) is 5.36. The van der Waals surface area contributed by atoms with Crippen molar-refractivity contribution in [2.75, 3.05) is 13.1 Å². The van der Waals surface area contributed by atoms with Crippen LogP contribution in [-0.4, -0.2) is 39.6 Å². The van der Waals surface area contributed by atoms with Crippen LogP contribution in [0.3, 0.4) is 0 Å². The van der Waals surface area contributed by atoms with Gasteiger partial charge < -0.3 is 20.3 Å². The van der Waals surface area contributed by atoms with Crippen LogP contribution in [0.2, 0.25) is 0 Å². The Bertz CT molecular complexity index is 1020. The minimum atomic E-state index is -1.48. The standard InChI is InChI=1S/C22H23F2N3O2/c23-17-4-2-15(3-5-17)13-27-9-1-8-22(29,21(27)28)14-25-12-19-11-16-10-18(24)6-7-20(16)26-19/h2-7,10-11,25-26,29H,1,8-9,12-14H2/t22-/m1/s1. The molecule has 1 atom stereocenters. The number of aromatic amines is 1. The van der Waals surface area contributed by atoms with Crippen LogP contribution in [0.25, 0.3) is 10.9 Å². The van der Waals surface area contributed by atoms with Gasteiger partial charge in [-0.3, -0.25) is 4.79 Å². The van der Waals surface area contributed by atoms with Gasteiger partial charge in [-0.15, -0.1) is 0 Å². The van der Waals surface area contributed by atoms with Crippen LogP contribution in [0, 0.1) is 11.6 Å². The van der Waals surface area contributed by atoms with E-state index in [1.165, 1.54) is 24.3 Å². The number of piperidine rings is 1. The number of hydrogen-bond acceptors (Lipinski definition) is 3. The van der Waals surface area contributed by atoms with Gasteiger partial charge in [-0.25, -0.2) is 8.78 Å². The molecule has 2 aromatic carbocycles. The highest BCUT2D eigenvalue weighted by molar-refractivity contribution is 5.86. The molecule has 152 valence electrons. The molecule has 1 aliphatic heterocycles. The maximum atomic E-state index is 13.3. The van der Waals surface area contributed by atoms with Gasteiger partial charge in [-0.05, 0) is 54.8 Å². The minimum absolute atomic E-state index is 0.121. The second-order valence-corrected chi connectivity index (χ2v) is 7.62. The normalized spacial score (nSPS) is 19.8. The van der Waals surface area contributed by atoms with Crippen LogP contribution in [0.15, 0.2) is 48.5 Å². The van der Waals surface area contributed by atoms with E-state index in [2.05, 4.69) is 10.3 Å². The van der Waals surface area contributed by atoms with Gasteiger partial charge in [0.1, 0.15) is 11.6 Å². The molecule has 0 aliphatic carbocycles. The zero-order valence-electron chi connectivity index (χ0n) is 15.9. The Morgan fingerprint density at radius 3 is 2.66 bits per heavy atom. The largest absolute Gasteiger partial charge is 0.379 e. The van der Waals surface area contributed by atoms with Crippen molar-refractivity contribution in [3.05, 3.63) is 71.4 Å². The highest BCUT2D eigenvalue weighted by Gasteiger charge is 2.41. The van der Waals surface area contributed by atoms with Gasteiger partial charge in [0.25, 0.3) is 5.91 Å². The Morgan fingerprint density at radius 1 is 1.10 bits per heavy atom. The van der Waals surface area contributed by atoms with Crippen molar-refractivity contribution in [1.29, 1.82) is 0 Å². The van der Waals surface area contributed by atoms with Crippen LogP contribution in [-0.2, 0) is 17.9 Å². The fraction of sp³-hybridized carbons (Fsp3) is 0.318. The number of amides is 1. The molecular formula is C22H23F2N3O2. The maximum Gasteiger partial charge on any atom is 0.256 e. The van der Waals surface area contributed by atoms with Crippen LogP contribution < -0.4 is 5.32 Å². The molecule has 3 aromatic rings. The van der Waals surface area contributed by atoms with Crippen molar-refractivity contribution in [2.24, 2.45) is 0 Å². The third kappa shape index (κ3) is 4.31. The van der Waals surface area contributed by atoms with Gasteiger partial charge >= 0.3 is 0 Å². The van der Waals surface area contributed by atoms with Crippen molar-refractivity contribution in [3.63, 3.8) is 0 Å². The second kappa shape index (κ2) is 7.93. The van der Waals surface area contributed by atoms with Gasteiger partial charge in [0.15, 0.2) is 5.60 Å². The summed E-state index contributed by atoms with van der Waals surface area (Å²) >= 11 is 0. The molecule has 5 nitrogen and oxygen atoms in total. The molecule has 1 saturated heterocycles. The van der Waals surface area contributed by atoms with Crippen LogP contribution in [0.1, 0.15) is 24.1 Å². The van der Waals surface area contributed by atoms with Gasteiger partial charge in [-0.2, -0.15) is 0 Å². The van der Waals surface area contributed by atoms with Crippen LogP contribution in [0.4, 0.5) is 8.78 Å². The fourth-order valence-electron chi connectivity index (χ4n) is 3.85. The fourth-order valence-corrected chi connectivity index (χ4v) is 3.85. The van der Waals surface area contributed by atoms with Gasteiger partial charge in [0.05, 0.1) is 0 Å². The van der Waals surface area contributed by atoms with Crippen molar-refractivity contribution < 1.29 is 18.7 Å². The molecule has 1 fully saturated rings. The molecule has 4 rings (SSSR count). The lowest BCUT2D eigenvalue weighted by atomic mass is 9.91. The molecular weight excluding hydrogens is 376 g/mol. The molecule has 0 radical (unpaired) electrons. The predicted molar refractivity (Wildman–Crippen MR) is 106 cm³/mol. The molecule has 0 bridgehead atoms. The molecule has 0 spiro atoms. The number of aliphatic hydroxyl groups is 1. The van der Waals surface area contributed by atoms with Gasteiger partial charge in [0, 0.05) is 42.8 Å². The summed E-state index contributed by atoms with van der Waals surface area (Å²) < 4.78 is 26.4. The molecule has 29 heavy (non-hydrogen) atoms. The number of aromatic nitrogens is 1. The van der Waals surface area contributed by atoms with Crippen LogP contribution >= 0.6 is 0 Å². The minimum Gasteiger partial charge on any atom is -0.379 e. The monoisotopic (exact) mass is 399 g/mol. The average molecular weight is 399 g/mol. The number of carbonyl (C=O) groups is 1. The van der Waals surface area contributed by atoms with E-state index >= 15 is 0 Å². The number of likely N-dealkylation sites (tertiary alicyclic amines) is 1. The van der Waals surface area contributed by atoms with E-state index in [9.17, 15) is 18.7 Å². The SMILES string of the molecule is O=C1N(Cc2ccc(F)cc2)CCC[C@@]1(O)CNCc1cc2cc(F)ccc2[nH]1. The summed E-state index contributed by atoms with van der Waals surface area (Å²) in [5.41, 5.74) is 1.03. The number of halogens is 2. The molecule has 1 aliphatic rings. The lowest BCUT2D eigenvalue weighted by Gasteiger charge is -2.38. The van der Waals surface area contributed by atoms with E-state index < -0.39 is 5.60 Å². The molecule has 0 unspecified atom stereocenters. The number of nitrogens with one attached hydrogen (secondary N) is 2. The molecule has 0 saturated carbocycles. The first-order valence-electron chi connectivity index (χ1n) is 9.67. The number of fused-ring (bicyclic) bond motifs is 1. The zero-order valence-corrected chi connectivity index (χ0v) is 15.9. The van der Waals surface area contributed by atoms with E-state index in [0.717, 1.165) is 22.2 Å². The summed E-state index contributed by atoms with van der Waals surface area (Å²) in [7, 11) is 0. The molecule has 1 amide bonds. The number of benzene rings is 2. The van der Waals surface area contributed by atoms with E-state index in [4.69, 9.17) is 0 Å². The summed E-state index contributed by atoms with van der Waals surface area (Å²) in [6, 6.07) is 12.4. The quantitative estimate of drug-likeness (QED) is 0.597. The van der Waals surface area contributed by atoms with E-state index in [0.29, 0.717) is 32.5 Å². The van der Waals surface area contributed by atoms with Crippen molar-refractivity contribution in [2.45, 2.75) is 31.5 Å². The molecule has 7 heteroatoms. The Morgan fingerprint density at radius 2 is 1.86 bits per heavy atom. The zero-order chi connectivity index (χ0) is 20.4. The smallest absolute Gasteiger partial charge is 0.256 e. The summed E-state index contributed by atoms with van der Waals surface area (Å²) in [5, 5.41) is 14.8. The summed E-state index contributed by atoms with van der Waals surface area (Å²) in [6.45, 7) is 1.44. The number of H-pyrrole nitrogens is 1. The number of carbonyl (C=O) groups excluding carboxylic acids is 1. The number of rotatable bonds is 6. The highest BCUT2D eigenvalue weighted by Crippen LogP contribution is 2.24. The maximum absolute atomic E-state index is 13.3. The van der Waals surface area contributed by atoms with Crippen molar-refractivity contribution in [3.8, 4) is 0 Å². The Balaban J connectivity index is 1.37. The van der Waals surface area contributed by atoms with E-state index in [1.807, 2.05) is 6.07 Å². The Hall–Kier alpha value is -2.77. The first-order valence-corrected chi connectivity index (χ1v) is 9.67. The molecule has 2 heterocycles. The van der Waals surface area contributed by atoms with Crippen molar-refractivity contribution in [1.82, 2.24) is 15.2 Å². The number of hydrogen-bond donors (Lipinski definition) is 3. The average Bonchev–Trinajstić information content (AvgIpc) is 3.09. The van der Waals surface area contributed by atoms with E-state index in [1.54, 1.807) is 23.1 Å². The van der Waals surface area contributed by atoms with Gasteiger partial charge in [0.2, 0.25) is 0 Å². The summed E-state index contributed by atoms with van der Waals surface area (Å²) in [5.74, 6) is -0.933. The summed E-state index contributed by atoms with van der Waals surface area (Å²) in [4.78, 5) is 17.7. The van der Waals surface area contributed by atoms with Gasteiger partial charge in [-0.1, -0.05) is 12.1 Å². The first-order chi connectivity index (χ1) is 13.9. The molecule has 1 aromatic heterocycles. The second-order valence-electron chi connectivity index (χ2n) is 7.62. The van der Waals surface area contributed by atoms with Crippen molar-refractivity contribution >= 4 is 16.8 Å².